The van der Waals surface area contributed by atoms with Crippen LogP contribution in [0.3, 0.4) is 0 Å². The van der Waals surface area contributed by atoms with Crippen LogP contribution in [0.15, 0.2) is 48.5 Å². The number of hydrogen-bond donors (Lipinski definition) is 1. The van der Waals surface area contributed by atoms with E-state index in [0.29, 0.717) is 18.6 Å². The number of halogens is 3. The zero-order chi connectivity index (χ0) is 18.8. The average Bonchev–Trinajstić information content (AvgIpc) is 2.59. The van der Waals surface area contributed by atoms with Crippen LogP contribution in [0, 0.1) is 0 Å². The van der Waals surface area contributed by atoms with Crippen LogP contribution in [0.5, 0.6) is 0 Å². The van der Waals surface area contributed by atoms with Crippen molar-refractivity contribution in [1.82, 2.24) is 4.72 Å². The number of hydrogen-bond acceptors (Lipinski definition) is 3. The van der Waals surface area contributed by atoms with Crippen molar-refractivity contribution in [3.05, 3.63) is 70.8 Å². The molecule has 1 atom stereocenters. The van der Waals surface area contributed by atoms with Crippen molar-refractivity contribution in [3.63, 3.8) is 0 Å². The summed E-state index contributed by atoms with van der Waals surface area (Å²) >= 11 is 0. The Labute approximate surface area is 150 Å². The molecule has 8 heteroatoms. The van der Waals surface area contributed by atoms with Crippen LogP contribution in [0.2, 0.25) is 0 Å². The van der Waals surface area contributed by atoms with Crippen LogP contribution in [0.4, 0.5) is 13.2 Å². The molecule has 1 N–H and O–H groups in total. The number of ether oxygens (including phenoxy) is 1. The van der Waals surface area contributed by atoms with Gasteiger partial charge in [-0.2, -0.15) is 13.2 Å². The molecule has 0 amide bonds. The lowest BCUT2D eigenvalue weighted by Gasteiger charge is -2.25. The van der Waals surface area contributed by atoms with E-state index in [0.717, 1.165) is 23.3 Å². The molecular weight excluding hydrogens is 367 g/mol. The minimum absolute atomic E-state index is 0.122. The van der Waals surface area contributed by atoms with E-state index in [-0.39, 0.29) is 18.4 Å². The average molecular weight is 385 g/mol. The summed E-state index contributed by atoms with van der Waals surface area (Å²) in [7, 11) is -3.67. The van der Waals surface area contributed by atoms with Gasteiger partial charge in [-0.05, 0) is 28.8 Å². The van der Waals surface area contributed by atoms with Crippen molar-refractivity contribution in [2.24, 2.45) is 0 Å². The van der Waals surface area contributed by atoms with E-state index < -0.39 is 21.8 Å². The first-order chi connectivity index (χ1) is 12.2. The molecule has 1 heterocycles. The summed E-state index contributed by atoms with van der Waals surface area (Å²) in [5.74, 6) is -0.381. The Hall–Kier alpha value is -1.90. The number of fused-ring (bicyclic) bond motifs is 1. The molecule has 0 saturated carbocycles. The highest BCUT2D eigenvalue weighted by atomic mass is 32.2. The molecule has 0 aromatic heterocycles. The third-order valence-corrected chi connectivity index (χ3v) is 5.53. The topological polar surface area (TPSA) is 55.4 Å². The zero-order valence-electron chi connectivity index (χ0n) is 13.8. The molecule has 2 aromatic rings. The van der Waals surface area contributed by atoms with Gasteiger partial charge in [-0.1, -0.05) is 36.4 Å². The Balaban J connectivity index is 1.56. The standard InChI is InChI=1S/C18H18F3NO3S/c19-18(20,21)16-7-5-13(6-8-16)12-26(23,24)22-10-17-9-14-3-1-2-4-15(14)11-25-17/h1-8,17,22H,9-12H2. The van der Waals surface area contributed by atoms with Crippen molar-refractivity contribution < 1.29 is 26.3 Å². The fraction of sp³-hybridized carbons (Fsp3) is 0.333. The van der Waals surface area contributed by atoms with Gasteiger partial charge >= 0.3 is 6.18 Å². The SMILES string of the molecule is O=S(=O)(Cc1ccc(C(F)(F)F)cc1)NCC1Cc2ccccc2CO1. The number of benzene rings is 2. The van der Waals surface area contributed by atoms with Gasteiger partial charge in [-0.25, -0.2) is 13.1 Å². The van der Waals surface area contributed by atoms with Crippen molar-refractivity contribution >= 4 is 10.0 Å². The van der Waals surface area contributed by atoms with Crippen LogP contribution in [0.1, 0.15) is 22.3 Å². The maximum atomic E-state index is 12.5. The van der Waals surface area contributed by atoms with Gasteiger partial charge in [-0.3, -0.25) is 0 Å². The minimum atomic E-state index is -4.44. The Morgan fingerprint density at radius 2 is 1.69 bits per heavy atom. The van der Waals surface area contributed by atoms with Crippen molar-refractivity contribution in [3.8, 4) is 0 Å². The van der Waals surface area contributed by atoms with Crippen LogP contribution in [-0.2, 0) is 39.7 Å². The second-order valence-electron chi connectivity index (χ2n) is 6.21. The Kier molecular flexibility index (Phi) is 5.36. The molecule has 0 radical (unpaired) electrons. The predicted molar refractivity (Wildman–Crippen MR) is 90.8 cm³/mol. The van der Waals surface area contributed by atoms with Gasteiger partial charge in [-0.15, -0.1) is 0 Å². The molecular formula is C18H18F3NO3S. The van der Waals surface area contributed by atoms with Crippen LogP contribution >= 0.6 is 0 Å². The maximum Gasteiger partial charge on any atom is 0.416 e. The lowest BCUT2D eigenvalue weighted by atomic mass is 9.99. The highest BCUT2D eigenvalue weighted by Crippen LogP contribution is 2.29. The predicted octanol–water partition coefficient (Wildman–Crippen LogP) is 3.27. The number of rotatable bonds is 5. The van der Waals surface area contributed by atoms with Crippen molar-refractivity contribution in [1.29, 1.82) is 0 Å². The quantitative estimate of drug-likeness (QED) is 0.860. The van der Waals surface area contributed by atoms with Gasteiger partial charge in [0, 0.05) is 13.0 Å². The van der Waals surface area contributed by atoms with Gasteiger partial charge in [0.2, 0.25) is 10.0 Å². The second-order valence-corrected chi connectivity index (χ2v) is 8.01. The molecule has 26 heavy (non-hydrogen) atoms. The molecule has 2 aromatic carbocycles. The molecule has 3 rings (SSSR count). The Morgan fingerprint density at radius 1 is 1.04 bits per heavy atom. The summed E-state index contributed by atoms with van der Waals surface area (Å²) in [4.78, 5) is 0. The largest absolute Gasteiger partial charge is 0.416 e. The summed E-state index contributed by atoms with van der Waals surface area (Å²) in [6.07, 6.45) is -4.10. The Morgan fingerprint density at radius 3 is 2.35 bits per heavy atom. The molecule has 1 aliphatic heterocycles. The van der Waals surface area contributed by atoms with Gasteiger partial charge in [0.25, 0.3) is 0 Å². The molecule has 0 fully saturated rings. The molecule has 4 nitrogen and oxygen atoms in total. The monoisotopic (exact) mass is 385 g/mol. The smallest absolute Gasteiger partial charge is 0.372 e. The van der Waals surface area contributed by atoms with E-state index in [1.807, 2.05) is 24.3 Å². The molecule has 0 spiro atoms. The first kappa shape index (κ1) is 18.9. The number of sulfonamides is 1. The van der Waals surface area contributed by atoms with E-state index in [1.54, 1.807) is 0 Å². The third-order valence-electron chi connectivity index (χ3n) is 4.21. The van der Waals surface area contributed by atoms with E-state index in [9.17, 15) is 21.6 Å². The third kappa shape index (κ3) is 4.84. The highest BCUT2D eigenvalue weighted by Gasteiger charge is 2.30. The summed E-state index contributed by atoms with van der Waals surface area (Å²) < 4.78 is 70.1. The minimum Gasteiger partial charge on any atom is -0.372 e. The van der Waals surface area contributed by atoms with Crippen molar-refractivity contribution in [2.75, 3.05) is 6.54 Å². The number of alkyl halides is 3. The first-order valence-electron chi connectivity index (χ1n) is 8.05. The molecule has 0 saturated heterocycles. The van der Waals surface area contributed by atoms with E-state index in [1.165, 1.54) is 12.1 Å². The second kappa shape index (κ2) is 7.38. The van der Waals surface area contributed by atoms with E-state index >= 15 is 0 Å². The summed E-state index contributed by atoms with van der Waals surface area (Å²) in [5.41, 5.74) is 1.71. The fourth-order valence-corrected chi connectivity index (χ4v) is 3.99. The maximum absolute atomic E-state index is 12.5. The summed E-state index contributed by atoms with van der Waals surface area (Å²) in [6, 6.07) is 11.9. The highest BCUT2D eigenvalue weighted by molar-refractivity contribution is 7.88. The van der Waals surface area contributed by atoms with Crippen molar-refractivity contribution in [2.45, 2.75) is 31.1 Å². The van der Waals surface area contributed by atoms with Gasteiger partial charge < -0.3 is 4.74 Å². The van der Waals surface area contributed by atoms with Gasteiger partial charge in [0.15, 0.2) is 0 Å². The number of nitrogens with one attached hydrogen (secondary N) is 1. The first-order valence-corrected chi connectivity index (χ1v) is 9.70. The molecule has 140 valence electrons. The van der Waals surface area contributed by atoms with Gasteiger partial charge in [0.05, 0.1) is 24.0 Å². The molecule has 0 bridgehead atoms. The van der Waals surface area contributed by atoms with E-state index in [2.05, 4.69) is 4.72 Å². The van der Waals surface area contributed by atoms with Gasteiger partial charge in [0.1, 0.15) is 0 Å². The fourth-order valence-electron chi connectivity index (χ4n) is 2.82. The van der Waals surface area contributed by atoms with E-state index in [4.69, 9.17) is 4.74 Å². The molecule has 0 aliphatic carbocycles. The van der Waals surface area contributed by atoms with Crippen LogP contribution < -0.4 is 4.72 Å². The zero-order valence-corrected chi connectivity index (χ0v) is 14.6. The normalized spacial score (nSPS) is 17.7. The van der Waals surface area contributed by atoms with Crippen LogP contribution in [-0.4, -0.2) is 21.1 Å². The summed E-state index contributed by atoms with van der Waals surface area (Å²) in [5, 5.41) is 0. The summed E-state index contributed by atoms with van der Waals surface area (Å²) in [6.45, 7) is 0.554. The lowest BCUT2D eigenvalue weighted by Crippen LogP contribution is -2.37. The molecule has 1 aliphatic rings. The Bertz CT molecular complexity index is 864. The molecule has 1 unspecified atom stereocenters. The van der Waals surface area contributed by atoms with Crippen LogP contribution in [0.25, 0.3) is 0 Å². The lowest BCUT2D eigenvalue weighted by molar-refractivity contribution is -0.137.